The summed E-state index contributed by atoms with van der Waals surface area (Å²) in [4.78, 5) is 11.3. The molecular formula is C10H9ClN2O2. The number of hydrogen-bond acceptors (Lipinski definition) is 3. The van der Waals surface area contributed by atoms with Crippen molar-refractivity contribution in [2.45, 2.75) is 5.60 Å². The van der Waals surface area contributed by atoms with Gasteiger partial charge in [0.05, 0.1) is 5.69 Å². The van der Waals surface area contributed by atoms with Crippen LogP contribution in [0.1, 0.15) is 5.56 Å². The van der Waals surface area contributed by atoms with Crippen LogP contribution < -0.4 is 10.6 Å². The molecule has 3 rings (SSSR count). The van der Waals surface area contributed by atoms with E-state index in [-0.39, 0.29) is 0 Å². The fourth-order valence-corrected chi connectivity index (χ4v) is 2.17. The van der Waals surface area contributed by atoms with Crippen LogP contribution in [0.3, 0.4) is 0 Å². The Morgan fingerprint density at radius 3 is 2.87 bits per heavy atom. The van der Waals surface area contributed by atoms with E-state index in [1.165, 1.54) is 0 Å². The normalized spacial score (nSPS) is 21.3. The van der Waals surface area contributed by atoms with Crippen molar-refractivity contribution in [2.24, 2.45) is 0 Å². The second kappa shape index (κ2) is 2.87. The summed E-state index contributed by atoms with van der Waals surface area (Å²) in [6, 6.07) is 5.45. The van der Waals surface area contributed by atoms with Gasteiger partial charge in [-0.25, -0.2) is 4.79 Å². The number of nitrogens with one attached hydrogen (secondary N) is 2. The molecule has 0 radical (unpaired) electrons. The molecule has 5 heteroatoms. The van der Waals surface area contributed by atoms with Crippen molar-refractivity contribution >= 4 is 23.4 Å². The maximum absolute atomic E-state index is 11.3. The van der Waals surface area contributed by atoms with Crippen LogP contribution in [0.5, 0.6) is 0 Å². The average molecular weight is 225 g/mol. The molecule has 2 aliphatic heterocycles. The minimum absolute atomic E-state index is 0.411. The van der Waals surface area contributed by atoms with Gasteiger partial charge in [0, 0.05) is 23.7 Å². The molecule has 1 aromatic rings. The highest BCUT2D eigenvalue weighted by Crippen LogP contribution is 2.39. The summed E-state index contributed by atoms with van der Waals surface area (Å²) in [5.41, 5.74) is 1.26. The van der Waals surface area contributed by atoms with Crippen molar-refractivity contribution in [1.29, 1.82) is 0 Å². The molecule has 1 aromatic carbocycles. The summed E-state index contributed by atoms with van der Waals surface area (Å²) in [7, 11) is 0. The lowest BCUT2D eigenvalue weighted by Crippen LogP contribution is -2.61. The van der Waals surface area contributed by atoms with Gasteiger partial charge >= 0.3 is 6.09 Å². The van der Waals surface area contributed by atoms with E-state index < -0.39 is 11.7 Å². The molecule has 0 aliphatic carbocycles. The zero-order chi connectivity index (χ0) is 10.5. The molecule has 0 saturated carbocycles. The van der Waals surface area contributed by atoms with Gasteiger partial charge in [0.25, 0.3) is 0 Å². The van der Waals surface area contributed by atoms with Gasteiger partial charge < -0.3 is 10.1 Å². The average Bonchev–Trinajstić information content (AvgIpc) is 2.13. The van der Waals surface area contributed by atoms with E-state index in [0.717, 1.165) is 11.3 Å². The first kappa shape index (κ1) is 9.00. The molecule has 0 atom stereocenters. The van der Waals surface area contributed by atoms with Crippen molar-refractivity contribution < 1.29 is 9.53 Å². The van der Waals surface area contributed by atoms with E-state index in [0.29, 0.717) is 18.1 Å². The number of anilines is 1. The van der Waals surface area contributed by atoms with Crippen LogP contribution in [0.25, 0.3) is 0 Å². The molecule has 2 aliphatic rings. The largest absolute Gasteiger partial charge is 0.435 e. The maximum Gasteiger partial charge on any atom is 0.412 e. The van der Waals surface area contributed by atoms with E-state index in [1.807, 2.05) is 6.07 Å². The molecule has 2 heterocycles. The summed E-state index contributed by atoms with van der Waals surface area (Å²) in [6.45, 7) is 1.32. The molecule has 1 amide bonds. The number of hydrogen-bond donors (Lipinski definition) is 2. The number of halogens is 1. The first-order valence-corrected chi connectivity index (χ1v) is 5.08. The molecule has 2 N–H and O–H groups in total. The summed E-state index contributed by atoms with van der Waals surface area (Å²) in [6.07, 6.45) is -0.411. The van der Waals surface area contributed by atoms with Crippen molar-refractivity contribution in [3.8, 4) is 0 Å². The minimum atomic E-state index is -0.484. The topological polar surface area (TPSA) is 50.4 Å². The van der Waals surface area contributed by atoms with Gasteiger partial charge in [0.15, 0.2) is 5.60 Å². The molecule has 1 fully saturated rings. The molecule has 0 aromatic heterocycles. The third-order valence-corrected chi connectivity index (χ3v) is 3.05. The van der Waals surface area contributed by atoms with E-state index >= 15 is 0 Å². The van der Waals surface area contributed by atoms with Crippen molar-refractivity contribution in [3.63, 3.8) is 0 Å². The summed E-state index contributed by atoms with van der Waals surface area (Å²) < 4.78 is 5.32. The molecule has 78 valence electrons. The highest BCUT2D eigenvalue weighted by molar-refractivity contribution is 6.31. The van der Waals surface area contributed by atoms with Gasteiger partial charge in [-0.2, -0.15) is 0 Å². The number of carbonyl (C=O) groups excluding carboxylic acids is 1. The van der Waals surface area contributed by atoms with Gasteiger partial charge in [-0.1, -0.05) is 17.7 Å². The van der Waals surface area contributed by atoms with E-state index in [2.05, 4.69) is 10.6 Å². The highest BCUT2D eigenvalue weighted by atomic mass is 35.5. The number of ether oxygens (including phenoxy) is 1. The van der Waals surface area contributed by atoms with Crippen molar-refractivity contribution in [3.05, 3.63) is 28.8 Å². The fourth-order valence-electron chi connectivity index (χ4n) is 2.00. The number of benzene rings is 1. The first-order valence-electron chi connectivity index (χ1n) is 4.70. The third-order valence-electron chi connectivity index (χ3n) is 2.82. The monoisotopic (exact) mass is 224 g/mol. The lowest BCUT2D eigenvalue weighted by atomic mass is 9.86. The zero-order valence-corrected chi connectivity index (χ0v) is 8.60. The highest BCUT2D eigenvalue weighted by Gasteiger charge is 2.47. The van der Waals surface area contributed by atoms with Crippen LogP contribution in [0, 0.1) is 0 Å². The Morgan fingerprint density at radius 1 is 1.40 bits per heavy atom. The first-order chi connectivity index (χ1) is 7.20. The quantitative estimate of drug-likeness (QED) is 0.705. The number of amides is 1. The molecule has 0 bridgehead atoms. The number of carbonyl (C=O) groups is 1. The van der Waals surface area contributed by atoms with Crippen LogP contribution in [0.15, 0.2) is 18.2 Å². The zero-order valence-electron chi connectivity index (χ0n) is 7.84. The standard InChI is InChI=1S/C10H9ClN2O2/c11-6-1-2-7-8(3-6)13-9(14)15-10(7)4-12-5-10/h1-3,12H,4-5H2,(H,13,14). The Labute approximate surface area is 91.6 Å². The van der Waals surface area contributed by atoms with Crippen LogP contribution in [-0.2, 0) is 10.3 Å². The Bertz CT molecular complexity index is 443. The van der Waals surface area contributed by atoms with Crippen LogP contribution in [-0.4, -0.2) is 19.2 Å². The van der Waals surface area contributed by atoms with Gasteiger partial charge in [-0.05, 0) is 12.1 Å². The molecule has 0 unspecified atom stereocenters. The smallest absolute Gasteiger partial charge is 0.412 e. The van der Waals surface area contributed by atoms with Gasteiger partial charge in [-0.3, -0.25) is 5.32 Å². The van der Waals surface area contributed by atoms with E-state index in [1.54, 1.807) is 12.1 Å². The van der Waals surface area contributed by atoms with E-state index in [9.17, 15) is 4.79 Å². The number of rotatable bonds is 0. The fraction of sp³-hybridized carbons (Fsp3) is 0.300. The lowest BCUT2D eigenvalue weighted by molar-refractivity contribution is -0.0296. The predicted octanol–water partition coefficient (Wildman–Crippen LogP) is 1.70. The van der Waals surface area contributed by atoms with Crippen LogP contribution in [0.4, 0.5) is 10.5 Å². The second-order valence-corrected chi connectivity index (χ2v) is 4.24. The molecule has 1 spiro atoms. The Balaban J connectivity index is 2.14. The summed E-state index contributed by atoms with van der Waals surface area (Å²) in [5.74, 6) is 0. The Hall–Kier alpha value is -1.26. The van der Waals surface area contributed by atoms with Crippen LogP contribution in [0.2, 0.25) is 5.02 Å². The maximum atomic E-state index is 11.3. The summed E-state index contributed by atoms with van der Waals surface area (Å²) >= 11 is 5.87. The molecule has 15 heavy (non-hydrogen) atoms. The van der Waals surface area contributed by atoms with E-state index in [4.69, 9.17) is 16.3 Å². The van der Waals surface area contributed by atoms with Crippen molar-refractivity contribution in [2.75, 3.05) is 18.4 Å². The Morgan fingerprint density at radius 2 is 2.20 bits per heavy atom. The molecule has 4 nitrogen and oxygen atoms in total. The van der Waals surface area contributed by atoms with Gasteiger partial charge in [0.1, 0.15) is 0 Å². The van der Waals surface area contributed by atoms with Crippen molar-refractivity contribution in [1.82, 2.24) is 5.32 Å². The van der Waals surface area contributed by atoms with Gasteiger partial charge in [-0.15, -0.1) is 0 Å². The third kappa shape index (κ3) is 1.22. The molecular weight excluding hydrogens is 216 g/mol. The van der Waals surface area contributed by atoms with Gasteiger partial charge in [0.2, 0.25) is 0 Å². The van der Waals surface area contributed by atoms with Crippen LogP contribution >= 0.6 is 11.6 Å². The summed E-state index contributed by atoms with van der Waals surface area (Å²) in [5, 5.41) is 6.37. The predicted molar refractivity (Wildman–Crippen MR) is 56.1 cm³/mol. The number of fused-ring (bicyclic) bond motifs is 2. The molecule has 1 saturated heterocycles. The second-order valence-electron chi connectivity index (χ2n) is 3.80. The minimum Gasteiger partial charge on any atom is -0.435 e. The Kier molecular flexibility index (Phi) is 1.72. The lowest BCUT2D eigenvalue weighted by Gasteiger charge is -2.45. The SMILES string of the molecule is O=C1Nc2cc(Cl)ccc2C2(CNC2)O1.